The Balaban J connectivity index is 1.78. The maximum absolute atomic E-state index is 12.6. The van der Waals surface area contributed by atoms with E-state index in [9.17, 15) is 9.59 Å². The molecule has 3 N–H and O–H groups in total. The molecular weight excluding hydrogens is 390 g/mol. The molecule has 0 spiro atoms. The highest BCUT2D eigenvalue weighted by atomic mass is 35.5. The molecule has 9 heteroatoms. The molecule has 7 nitrogen and oxygen atoms in total. The normalized spacial score (nSPS) is 15.7. The van der Waals surface area contributed by atoms with Crippen LogP contribution in [-0.2, 0) is 17.6 Å². The summed E-state index contributed by atoms with van der Waals surface area (Å²) in [7, 11) is 1.42. The summed E-state index contributed by atoms with van der Waals surface area (Å²) < 4.78 is 10.5. The maximum atomic E-state index is 12.6. The van der Waals surface area contributed by atoms with Crippen molar-refractivity contribution in [3.8, 4) is 11.5 Å². The number of aryl methyl sites for hydroxylation is 1. The predicted molar refractivity (Wildman–Crippen MR) is 104 cm³/mol. The van der Waals surface area contributed by atoms with Crippen LogP contribution in [0.5, 0.6) is 11.5 Å². The van der Waals surface area contributed by atoms with E-state index in [-0.39, 0.29) is 29.0 Å². The number of aromatic nitrogens is 1. The van der Waals surface area contributed by atoms with Gasteiger partial charge in [0.25, 0.3) is 11.8 Å². The van der Waals surface area contributed by atoms with E-state index >= 15 is 0 Å². The summed E-state index contributed by atoms with van der Waals surface area (Å²) in [6, 6.07) is 2.94. The van der Waals surface area contributed by atoms with E-state index in [4.69, 9.17) is 26.8 Å². The number of benzene rings is 1. The van der Waals surface area contributed by atoms with Gasteiger partial charge in [-0.25, -0.2) is 4.98 Å². The molecule has 1 aromatic heterocycles. The van der Waals surface area contributed by atoms with Crippen LogP contribution in [0.2, 0.25) is 5.02 Å². The third-order valence-electron chi connectivity index (χ3n) is 4.26. The van der Waals surface area contributed by atoms with Crippen LogP contribution in [0.25, 0.3) is 0 Å². The van der Waals surface area contributed by atoms with Crippen LogP contribution in [0, 0.1) is 5.92 Å². The molecule has 0 saturated heterocycles. The van der Waals surface area contributed by atoms with E-state index in [1.54, 1.807) is 0 Å². The standard InChI is InChI=1S/C18H20ClN3O4S/c1-9-3-4-12-14(5-9)27-18(21-12)22-17(24)10-6-11(19)16(13(7-10)25-2)26-8-15(20)23/h6-7,9H,3-5,8H2,1-2H3,(H2,20,23)(H,21,22,24). The number of amides is 2. The third-order valence-corrected chi connectivity index (χ3v) is 5.57. The Morgan fingerprint density at radius 2 is 2.22 bits per heavy atom. The number of primary amides is 1. The van der Waals surface area contributed by atoms with Crippen LogP contribution in [-0.4, -0.2) is 30.5 Å². The van der Waals surface area contributed by atoms with E-state index in [2.05, 4.69) is 17.2 Å². The van der Waals surface area contributed by atoms with Gasteiger partial charge < -0.3 is 15.2 Å². The Morgan fingerprint density at radius 1 is 1.44 bits per heavy atom. The zero-order valence-electron chi connectivity index (χ0n) is 15.0. The molecule has 0 bridgehead atoms. The van der Waals surface area contributed by atoms with E-state index in [0.29, 0.717) is 16.6 Å². The number of methoxy groups -OCH3 is 1. The van der Waals surface area contributed by atoms with Gasteiger partial charge in [-0.15, -0.1) is 11.3 Å². The van der Waals surface area contributed by atoms with Crippen LogP contribution >= 0.6 is 22.9 Å². The lowest BCUT2D eigenvalue weighted by atomic mass is 9.93. The van der Waals surface area contributed by atoms with Gasteiger partial charge in [-0.05, 0) is 37.3 Å². The number of rotatable bonds is 6. The van der Waals surface area contributed by atoms with E-state index in [0.717, 1.165) is 25.0 Å². The molecule has 2 aromatic rings. The van der Waals surface area contributed by atoms with Crippen molar-refractivity contribution in [2.75, 3.05) is 19.0 Å². The minimum absolute atomic E-state index is 0.146. The molecule has 144 valence electrons. The largest absolute Gasteiger partial charge is 0.493 e. The van der Waals surface area contributed by atoms with Gasteiger partial charge in [0.1, 0.15) is 0 Å². The van der Waals surface area contributed by atoms with Crippen molar-refractivity contribution < 1.29 is 19.1 Å². The molecule has 1 unspecified atom stereocenters. The minimum atomic E-state index is -0.642. The van der Waals surface area contributed by atoms with Crippen LogP contribution in [0.3, 0.4) is 0 Å². The molecule has 1 aliphatic rings. The second-order valence-electron chi connectivity index (χ2n) is 6.44. The van der Waals surface area contributed by atoms with Crippen molar-refractivity contribution in [3.63, 3.8) is 0 Å². The molecule has 3 rings (SSSR count). The van der Waals surface area contributed by atoms with Gasteiger partial charge in [0.2, 0.25) is 0 Å². The lowest BCUT2D eigenvalue weighted by Crippen LogP contribution is -2.20. The second kappa shape index (κ2) is 8.14. The van der Waals surface area contributed by atoms with Gasteiger partial charge in [-0.2, -0.15) is 0 Å². The maximum Gasteiger partial charge on any atom is 0.257 e. The molecule has 1 aromatic carbocycles. The average Bonchev–Trinajstić information content (AvgIpc) is 3.00. The monoisotopic (exact) mass is 409 g/mol. The molecular formula is C18H20ClN3O4S. The van der Waals surface area contributed by atoms with E-state index < -0.39 is 5.91 Å². The summed E-state index contributed by atoms with van der Waals surface area (Å²) >= 11 is 7.70. The third kappa shape index (κ3) is 4.51. The van der Waals surface area contributed by atoms with Crippen molar-refractivity contribution in [1.82, 2.24) is 4.98 Å². The molecule has 1 atom stereocenters. The predicted octanol–water partition coefficient (Wildman–Crippen LogP) is 3.05. The zero-order chi connectivity index (χ0) is 19.6. The molecule has 1 aliphatic carbocycles. The number of hydrogen-bond acceptors (Lipinski definition) is 6. The smallest absolute Gasteiger partial charge is 0.257 e. The quantitative estimate of drug-likeness (QED) is 0.763. The number of thiazole rings is 1. The van der Waals surface area contributed by atoms with Crippen molar-refractivity contribution in [2.45, 2.75) is 26.2 Å². The fourth-order valence-electron chi connectivity index (χ4n) is 2.90. The fourth-order valence-corrected chi connectivity index (χ4v) is 4.33. The fraction of sp³-hybridized carbons (Fsp3) is 0.389. The van der Waals surface area contributed by atoms with Gasteiger partial charge in [0, 0.05) is 10.4 Å². The Morgan fingerprint density at radius 3 is 2.93 bits per heavy atom. The summed E-state index contributed by atoms with van der Waals surface area (Å²) in [5.41, 5.74) is 6.44. The first kappa shape index (κ1) is 19.4. The van der Waals surface area contributed by atoms with Gasteiger partial charge in [-0.1, -0.05) is 18.5 Å². The number of nitrogens with zero attached hydrogens (tertiary/aromatic N) is 1. The number of nitrogens with two attached hydrogens (primary N) is 1. The summed E-state index contributed by atoms with van der Waals surface area (Å²) in [6.07, 6.45) is 3.05. The Labute approximate surface area is 165 Å². The van der Waals surface area contributed by atoms with Crippen LogP contribution in [0.4, 0.5) is 5.13 Å². The Bertz CT molecular complexity index is 884. The van der Waals surface area contributed by atoms with Crippen molar-refractivity contribution in [1.29, 1.82) is 0 Å². The van der Waals surface area contributed by atoms with Gasteiger partial charge >= 0.3 is 0 Å². The molecule has 0 radical (unpaired) electrons. The Kier molecular flexibility index (Phi) is 5.86. The molecule has 2 amide bonds. The second-order valence-corrected chi connectivity index (χ2v) is 7.93. The number of carbonyl (C=O) groups is 2. The van der Waals surface area contributed by atoms with Crippen molar-refractivity contribution in [3.05, 3.63) is 33.3 Å². The SMILES string of the molecule is COc1cc(C(=O)Nc2nc3c(s2)CC(C)CC3)cc(Cl)c1OCC(N)=O. The number of nitrogens with one attached hydrogen (secondary N) is 1. The number of fused-ring (bicyclic) bond motifs is 1. The number of anilines is 1. The van der Waals surface area contributed by atoms with Gasteiger partial charge in [0.15, 0.2) is 23.2 Å². The van der Waals surface area contributed by atoms with Crippen LogP contribution in [0.15, 0.2) is 12.1 Å². The summed E-state index contributed by atoms with van der Waals surface area (Å²) in [4.78, 5) is 29.3. The number of halogens is 1. The Hall–Kier alpha value is -2.32. The van der Waals surface area contributed by atoms with Gasteiger partial charge in [-0.3, -0.25) is 14.9 Å². The molecule has 27 heavy (non-hydrogen) atoms. The minimum Gasteiger partial charge on any atom is -0.493 e. The lowest BCUT2D eigenvalue weighted by Gasteiger charge is -2.15. The first-order chi connectivity index (χ1) is 12.9. The highest BCUT2D eigenvalue weighted by Gasteiger charge is 2.22. The first-order valence-corrected chi connectivity index (χ1v) is 9.65. The summed E-state index contributed by atoms with van der Waals surface area (Å²) in [5, 5.41) is 3.54. The van der Waals surface area contributed by atoms with Gasteiger partial charge in [0.05, 0.1) is 17.8 Å². The highest BCUT2D eigenvalue weighted by Crippen LogP contribution is 2.37. The molecule has 0 aliphatic heterocycles. The average molecular weight is 410 g/mol. The summed E-state index contributed by atoms with van der Waals surface area (Å²) in [6.45, 7) is 1.88. The van der Waals surface area contributed by atoms with E-state index in [1.807, 2.05) is 0 Å². The number of ether oxygens (including phenoxy) is 2. The number of carbonyl (C=O) groups excluding carboxylic acids is 2. The summed E-state index contributed by atoms with van der Waals surface area (Å²) in [5.74, 6) is 0.0414. The number of hydrogen-bond donors (Lipinski definition) is 2. The van der Waals surface area contributed by atoms with E-state index in [1.165, 1.54) is 35.5 Å². The molecule has 0 fully saturated rings. The van der Waals surface area contributed by atoms with Crippen LogP contribution in [0.1, 0.15) is 34.3 Å². The molecule has 1 heterocycles. The van der Waals surface area contributed by atoms with Crippen molar-refractivity contribution in [2.24, 2.45) is 11.7 Å². The first-order valence-electron chi connectivity index (χ1n) is 8.46. The topological polar surface area (TPSA) is 104 Å². The zero-order valence-corrected chi connectivity index (χ0v) is 16.6. The van der Waals surface area contributed by atoms with Crippen LogP contribution < -0.4 is 20.5 Å². The van der Waals surface area contributed by atoms with Crippen molar-refractivity contribution >= 4 is 39.9 Å². The molecule has 0 saturated carbocycles. The lowest BCUT2D eigenvalue weighted by molar-refractivity contribution is -0.119. The highest BCUT2D eigenvalue weighted by molar-refractivity contribution is 7.15.